The number of hydrogen-bond acceptors (Lipinski definition) is 2. The molecule has 0 aromatic heterocycles. The molecule has 1 atom stereocenters. The Hall–Kier alpha value is -1.51. The minimum Gasteiger partial charge on any atom is -0.496 e. The first-order valence-corrected chi connectivity index (χ1v) is 8.92. The third-order valence-corrected chi connectivity index (χ3v) is 5.04. The number of carbonyl (C=O) groups is 1. The van der Waals surface area contributed by atoms with Gasteiger partial charge in [-0.2, -0.15) is 0 Å². The van der Waals surface area contributed by atoms with Gasteiger partial charge in [0.15, 0.2) is 0 Å². The second-order valence-corrected chi connectivity index (χ2v) is 7.17. The highest BCUT2D eigenvalue weighted by molar-refractivity contribution is 5.79. The number of hydrogen-bond donors (Lipinski definition) is 1. The summed E-state index contributed by atoms with van der Waals surface area (Å²) in [6, 6.07) is 4.33. The van der Waals surface area contributed by atoms with Gasteiger partial charge in [-0.25, -0.2) is 0 Å². The molecule has 128 valence electrons. The molecule has 1 fully saturated rings. The second kappa shape index (κ2) is 7.85. The van der Waals surface area contributed by atoms with Gasteiger partial charge in [0.1, 0.15) is 5.75 Å². The highest BCUT2D eigenvalue weighted by Crippen LogP contribution is 2.32. The van der Waals surface area contributed by atoms with Crippen molar-refractivity contribution in [2.45, 2.75) is 71.8 Å². The van der Waals surface area contributed by atoms with Gasteiger partial charge in [0.05, 0.1) is 13.2 Å². The van der Waals surface area contributed by atoms with Gasteiger partial charge >= 0.3 is 0 Å². The Labute approximate surface area is 140 Å². The van der Waals surface area contributed by atoms with Crippen molar-refractivity contribution in [1.29, 1.82) is 0 Å². The van der Waals surface area contributed by atoms with E-state index >= 15 is 0 Å². The number of ether oxygens (including phenoxy) is 1. The molecule has 0 unspecified atom stereocenters. The molecule has 1 aromatic rings. The lowest BCUT2D eigenvalue weighted by Crippen LogP contribution is -2.34. The standard InChI is InChI=1S/C20H31NO2/c1-13(2)17-12-18(14(3)11-19(17)23-5)15(4)21-20(22)16-9-7-6-8-10-16/h11-13,15-16H,6-10H2,1-5H3,(H,21,22)/t15-/m0/s1. The molecular formula is C20H31NO2. The lowest BCUT2D eigenvalue weighted by molar-refractivity contribution is -0.126. The van der Waals surface area contributed by atoms with Crippen LogP contribution in [0.5, 0.6) is 5.75 Å². The van der Waals surface area contributed by atoms with Crippen molar-refractivity contribution >= 4 is 5.91 Å². The Balaban J connectivity index is 2.16. The number of methoxy groups -OCH3 is 1. The predicted octanol–water partition coefficient (Wildman–Crippen LogP) is 4.88. The van der Waals surface area contributed by atoms with Crippen LogP contribution in [0.3, 0.4) is 0 Å². The molecule has 23 heavy (non-hydrogen) atoms. The van der Waals surface area contributed by atoms with Gasteiger partial charge in [-0.05, 0) is 61.4 Å². The Morgan fingerprint density at radius 2 is 1.78 bits per heavy atom. The summed E-state index contributed by atoms with van der Waals surface area (Å²) in [5, 5.41) is 3.23. The van der Waals surface area contributed by atoms with E-state index in [0.29, 0.717) is 5.92 Å². The Kier molecular flexibility index (Phi) is 6.09. The van der Waals surface area contributed by atoms with Gasteiger partial charge in [-0.1, -0.05) is 33.1 Å². The Morgan fingerprint density at radius 3 is 2.35 bits per heavy atom. The van der Waals surface area contributed by atoms with E-state index in [2.05, 4.69) is 45.1 Å². The van der Waals surface area contributed by atoms with E-state index < -0.39 is 0 Å². The number of carbonyl (C=O) groups excluding carboxylic acids is 1. The molecule has 1 aromatic carbocycles. The quantitative estimate of drug-likeness (QED) is 0.840. The third kappa shape index (κ3) is 4.27. The summed E-state index contributed by atoms with van der Waals surface area (Å²) in [6.07, 6.45) is 5.72. The predicted molar refractivity (Wildman–Crippen MR) is 95.0 cm³/mol. The molecule has 0 heterocycles. The van der Waals surface area contributed by atoms with Crippen molar-refractivity contribution in [3.63, 3.8) is 0 Å². The highest BCUT2D eigenvalue weighted by atomic mass is 16.5. The van der Waals surface area contributed by atoms with Crippen molar-refractivity contribution in [1.82, 2.24) is 5.32 Å². The molecule has 1 aliphatic carbocycles. The topological polar surface area (TPSA) is 38.3 Å². The van der Waals surface area contributed by atoms with E-state index in [4.69, 9.17) is 4.74 Å². The van der Waals surface area contributed by atoms with Gasteiger partial charge < -0.3 is 10.1 Å². The molecular weight excluding hydrogens is 286 g/mol. The van der Waals surface area contributed by atoms with E-state index in [-0.39, 0.29) is 17.9 Å². The number of amides is 1. The zero-order valence-corrected chi connectivity index (χ0v) is 15.2. The molecule has 0 saturated heterocycles. The Bertz CT molecular complexity index is 545. The molecule has 0 spiro atoms. The van der Waals surface area contributed by atoms with Crippen LogP contribution in [0.2, 0.25) is 0 Å². The molecule has 1 aliphatic rings. The van der Waals surface area contributed by atoms with E-state index in [0.717, 1.165) is 18.6 Å². The smallest absolute Gasteiger partial charge is 0.223 e. The minimum atomic E-state index is 0.0350. The van der Waals surface area contributed by atoms with Crippen LogP contribution in [0.4, 0.5) is 0 Å². The van der Waals surface area contributed by atoms with Gasteiger partial charge in [-0.3, -0.25) is 4.79 Å². The lowest BCUT2D eigenvalue weighted by Gasteiger charge is -2.25. The van der Waals surface area contributed by atoms with Crippen LogP contribution < -0.4 is 10.1 Å². The van der Waals surface area contributed by atoms with Gasteiger partial charge in [0.25, 0.3) is 0 Å². The summed E-state index contributed by atoms with van der Waals surface area (Å²) in [7, 11) is 1.72. The van der Waals surface area contributed by atoms with Crippen LogP contribution in [0.25, 0.3) is 0 Å². The van der Waals surface area contributed by atoms with Crippen molar-refractivity contribution in [2.75, 3.05) is 7.11 Å². The normalized spacial score (nSPS) is 17.1. The summed E-state index contributed by atoms with van der Waals surface area (Å²) in [6.45, 7) is 8.51. The zero-order chi connectivity index (χ0) is 17.0. The minimum absolute atomic E-state index is 0.0350. The molecule has 0 aliphatic heterocycles. The van der Waals surface area contributed by atoms with Gasteiger partial charge in [0.2, 0.25) is 5.91 Å². The summed E-state index contributed by atoms with van der Waals surface area (Å²) in [4.78, 5) is 12.5. The highest BCUT2D eigenvalue weighted by Gasteiger charge is 2.23. The second-order valence-electron chi connectivity index (χ2n) is 7.17. The average molecular weight is 317 g/mol. The first kappa shape index (κ1) is 17.8. The molecule has 1 N–H and O–H groups in total. The fourth-order valence-electron chi connectivity index (χ4n) is 3.58. The number of benzene rings is 1. The summed E-state index contributed by atoms with van der Waals surface area (Å²) in [5.41, 5.74) is 3.56. The third-order valence-electron chi connectivity index (χ3n) is 5.04. The van der Waals surface area contributed by atoms with Crippen molar-refractivity contribution in [3.05, 3.63) is 28.8 Å². The number of nitrogens with one attached hydrogen (secondary N) is 1. The SMILES string of the molecule is COc1cc(C)c([C@H](C)NC(=O)C2CCCCC2)cc1C(C)C. The molecule has 0 radical (unpaired) electrons. The molecule has 1 saturated carbocycles. The number of rotatable bonds is 5. The largest absolute Gasteiger partial charge is 0.496 e. The van der Waals surface area contributed by atoms with Crippen LogP contribution in [0.1, 0.15) is 81.5 Å². The van der Waals surface area contributed by atoms with Crippen LogP contribution in [-0.4, -0.2) is 13.0 Å². The fraction of sp³-hybridized carbons (Fsp3) is 0.650. The van der Waals surface area contributed by atoms with E-state index in [1.165, 1.54) is 36.0 Å². The fourth-order valence-corrected chi connectivity index (χ4v) is 3.58. The zero-order valence-electron chi connectivity index (χ0n) is 15.2. The van der Waals surface area contributed by atoms with Crippen molar-refractivity contribution in [2.24, 2.45) is 5.92 Å². The van der Waals surface area contributed by atoms with Crippen molar-refractivity contribution in [3.8, 4) is 5.75 Å². The van der Waals surface area contributed by atoms with E-state index in [1.807, 2.05) is 0 Å². The molecule has 3 heteroatoms. The average Bonchev–Trinajstić information content (AvgIpc) is 2.54. The van der Waals surface area contributed by atoms with Gasteiger partial charge in [0, 0.05) is 5.92 Å². The van der Waals surface area contributed by atoms with Crippen LogP contribution in [-0.2, 0) is 4.79 Å². The number of aryl methyl sites for hydroxylation is 1. The summed E-state index contributed by atoms with van der Waals surface area (Å²) >= 11 is 0. The maximum atomic E-state index is 12.5. The molecule has 0 bridgehead atoms. The first-order chi connectivity index (χ1) is 10.9. The lowest BCUT2D eigenvalue weighted by atomic mass is 9.88. The maximum Gasteiger partial charge on any atom is 0.223 e. The molecule has 1 amide bonds. The monoisotopic (exact) mass is 317 g/mol. The summed E-state index contributed by atoms with van der Waals surface area (Å²) < 4.78 is 5.51. The van der Waals surface area contributed by atoms with E-state index in [9.17, 15) is 4.79 Å². The maximum absolute atomic E-state index is 12.5. The van der Waals surface area contributed by atoms with Crippen molar-refractivity contribution < 1.29 is 9.53 Å². The molecule has 2 rings (SSSR count). The van der Waals surface area contributed by atoms with Crippen LogP contribution in [0, 0.1) is 12.8 Å². The summed E-state index contributed by atoms with van der Waals surface area (Å²) in [5.74, 6) is 1.76. The van der Waals surface area contributed by atoms with Gasteiger partial charge in [-0.15, -0.1) is 0 Å². The van der Waals surface area contributed by atoms with E-state index in [1.54, 1.807) is 7.11 Å². The van der Waals surface area contributed by atoms with Crippen LogP contribution in [0.15, 0.2) is 12.1 Å². The van der Waals surface area contributed by atoms with Crippen LogP contribution >= 0.6 is 0 Å². The Morgan fingerprint density at radius 1 is 1.13 bits per heavy atom. The molecule has 3 nitrogen and oxygen atoms in total. The first-order valence-electron chi connectivity index (χ1n) is 8.92.